The quantitative estimate of drug-likeness (QED) is 0.594. The van der Waals surface area contributed by atoms with Gasteiger partial charge in [-0.15, -0.1) is 0 Å². The Labute approximate surface area is 109 Å². The summed E-state index contributed by atoms with van der Waals surface area (Å²) in [5.41, 5.74) is 1.76. The van der Waals surface area contributed by atoms with Gasteiger partial charge in [-0.1, -0.05) is 45.2 Å². The molecule has 1 aromatic rings. The molecule has 0 atom stereocenters. The maximum Gasteiger partial charge on any atom is 0.356 e. The summed E-state index contributed by atoms with van der Waals surface area (Å²) in [5, 5.41) is 0. The van der Waals surface area contributed by atoms with Crippen molar-refractivity contribution in [1.82, 2.24) is 0 Å². The summed E-state index contributed by atoms with van der Waals surface area (Å²) in [6, 6.07) is 7.46. The van der Waals surface area contributed by atoms with Gasteiger partial charge in [-0.2, -0.15) is 5.90 Å². The van der Waals surface area contributed by atoms with Crippen LogP contribution in [0, 0.1) is 5.92 Å². The molecule has 0 unspecified atom stereocenters. The number of aryl methyl sites for hydroxylation is 1. The van der Waals surface area contributed by atoms with Gasteiger partial charge >= 0.3 is 5.97 Å². The van der Waals surface area contributed by atoms with E-state index in [4.69, 9.17) is 5.90 Å². The first-order valence-corrected chi connectivity index (χ1v) is 6.63. The summed E-state index contributed by atoms with van der Waals surface area (Å²) in [6.45, 7) is 4.52. The van der Waals surface area contributed by atoms with Gasteiger partial charge in [0.1, 0.15) is 0 Å². The van der Waals surface area contributed by atoms with Crippen molar-refractivity contribution in [3.8, 4) is 0 Å². The lowest BCUT2D eigenvalue weighted by Crippen LogP contribution is -2.09. The predicted molar refractivity (Wildman–Crippen MR) is 73.1 cm³/mol. The number of nitrogens with two attached hydrogens (primary N) is 1. The van der Waals surface area contributed by atoms with E-state index in [1.807, 2.05) is 12.1 Å². The fraction of sp³-hybridized carbons (Fsp3) is 0.533. The van der Waals surface area contributed by atoms with Gasteiger partial charge < -0.3 is 4.84 Å². The average Bonchev–Trinajstić information content (AvgIpc) is 2.38. The van der Waals surface area contributed by atoms with E-state index in [-0.39, 0.29) is 0 Å². The van der Waals surface area contributed by atoms with Crippen LogP contribution in [0.15, 0.2) is 24.3 Å². The molecule has 0 saturated heterocycles. The van der Waals surface area contributed by atoms with E-state index in [9.17, 15) is 4.79 Å². The van der Waals surface area contributed by atoms with Crippen LogP contribution < -0.4 is 5.90 Å². The summed E-state index contributed by atoms with van der Waals surface area (Å²) in [6.07, 6.45) is 6.14. The van der Waals surface area contributed by atoms with Crippen LogP contribution in [-0.4, -0.2) is 5.97 Å². The van der Waals surface area contributed by atoms with Gasteiger partial charge in [-0.3, -0.25) is 0 Å². The zero-order valence-corrected chi connectivity index (χ0v) is 11.3. The standard InChI is InChI=1S/C15H23NO2/c1-12(2)6-4-3-5-7-13-8-10-14(11-9-13)15(17)18-16/h8-12H,3-7,16H2,1-2H3. The zero-order chi connectivity index (χ0) is 13.4. The minimum Gasteiger partial charge on any atom is -0.370 e. The molecule has 0 fully saturated rings. The van der Waals surface area contributed by atoms with Crippen LogP contribution in [-0.2, 0) is 11.3 Å². The highest BCUT2D eigenvalue weighted by Crippen LogP contribution is 2.12. The van der Waals surface area contributed by atoms with Crippen molar-refractivity contribution < 1.29 is 9.63 Å². The molecule has 0 radical (unpaired) electrons. The highest BCUT2D eigenvalue weighted by molar-refractivity contribution is 5.89. The third-order valence-corrected chi connectivity index (χ3v) is 3.04. The molecular weight excluding hydrogens is 226 g/mol. The second-order valence-electron chi connectivity index (χ2n) is 5.10. The van der Waals surface area contributed by atoms with Crippen LogP contribution >= 0.6 is 0 Å². The fourth-order valence-electron chi connectivity index (χ4n) is 1.93. The van der Waals surface area contributed by atoms with Gasteiger partial charge in [-0.25, -0.2) is 4.79 Å². The Balaban J connectivity index is 2.29. The van der Waals surface area contributed by atoms with E-state index in [1.54, 1.807) is 12.1 Å². The third kappa shape index (κ3) is 5.32. The molecule has 2 N–H and O–H groups in total. The van der Waals surface area contributed by atoms with Crippen molar-refractivity contribution in [3.63, 3.8) is 0 Å². The maximum absolute atomic E-state index is 11.1. The van der Waals surface area contributed by atoms with Crippen molar-refractivity contribution in [2.24, 2.45) is 11.8 Å². The molecule has 0 aliphatic rings. The molecule has 1 rings (SSSR count). The second-order valence-corrected chi connectivity index (χ2v) is 5.10. The first-order chi connectivity index (χ1) is 8.63. The monoisotopic (exact) mass is 249 g/mol. The van der Waals surface area contributed by atoms with Crippen molar-refractivity contribution in [2.75, 3.05) is 0 Å². The Kier molecular flexibility index (Phi) is 6.44. The van der Waals surface area contributed by atoms with Gasteiger partial charge in [0.2, 0.25) is 0 Å². The highest BCUT2D eigenvalue weighted by Gasteiger charge is 2.04. The molecule has 3 nitrogen and oxygen atoms in total. The van der Waals surface area contributed by atoms with Crippen molar-refractivity contribution >= 4 is 5.97 Å². The molecule has 0 bridgehead atoms. The predicted octanol–water partition coefficient (Wildman–Crippen LogP) is 3.48. The minimum absolute atomic E-state index is 0.488. The molecule has 1 aromatic carbocycles. The lowest BCUT2D eigenvalue weighted by Gasteiger charge is -2.05. The Morgan fingerprint density at radius 2 is 1.83 bits per heavy atom. The molecule has 0 saturated carbocycles. The van der Waals surface area contributed by atoms with E-state index < -0.39 is 5.97 Å². The molecule has 0 aliphatic heterocycles. The van der Waals surface area contributed by atoms with Gasteiger partial charge in [-0.05, 0) is 36.5 Å². The minimum atomic E-state index is -0.488. The maximum atomic E-state index is 11.1. The number of benzene rings is 1. The van der Waals surface area contributed by atoms with E-state index in [2.05, 4.69) is 18.7 Å². The molecule has 0 amide bonds. The lowest BCUT2D eigenvalue weighted by molar-refractivity contribution is 0.0503. The van der Waals surface area contributed by atoms with Crippen LogP contribution in [0.25, 0.3) is 0 Å². The molecular formula is C15H23NO2. The van der Waals surface area contributed by atoms with Crippen molar-refractivity contribution in [3.05, 3.63) is 35.4 Å². The van der Waals surface area contributed by atoms with Crippen molar-refractivity contribution in [2.45, 2.75) is 46.0 Å². The van der Waals surface area contributed by atoms with Crippen molar-refractivity contribution in [1.29, 1.82) is 0 Å². The number of unbranched alkanes of at least 4 members (excludes halogenated alkanes) is 2. The molecule has 18 heavy (non-hydrogen) atoms. The molecule has 0 aliphatic carbocycles. The van der Waals surface area contributed by atoms with Crippen LogP contribution in [0.5, 0.6) is 0 Å². The smallest absolute Gasteiger partial charge is 0.356 e. The third-order valence-electron chi connectivity index (χ3n) is 3.04. The number of hydrogen-bond acceptors (Lipinski definition) is 3. The zero-order valence-electron chi connectivity index (χ0n) is 11.3. The number of hydrogen-bond donors (Lipinski definition) is 1. The molecule has 0 spiro atoms. The Morgan fingerprint density at radius 3 is 2.39 bits per heavy atom. The van der Waals surface area contributed by atoms with E-state index in [0.29, 0.717) is 5.56 Å². The Hall–Kier alpha value is -1.35. The van der Waals surface area contributed by atoms with Crippen LogP contribution in [0.3, 0.4) is 0 Å². The summed E-state index contributed by atoms with van der Waals surface area (Å²) in [7, 11) is 0. The van der Waals surface area contributed by atoms with E-state index in [0.717, 1.165) is 12.3 Å². The fourth-order valence-corrected chi connectivity index (χ4v) is 1.93. The summed E-state index contributed by atoms with van der Waals surface area (Å²) in [5.74, 6) is 5.14. The summed E-state index contributed by atoms with van der Waals surface area (Å²) in [4.78, 5) is 15.3. The summed E-state index contributed by atoms with van der Waals surface area (Å²) < 4.78 is 0. The first-order valence-electron chi connectivity index (χ1n) is 6.63. The van der Waals surface area contributed by atoms with Crippen LogP contribution in [0.4, 0.5) is 0 Å². The lowest BCUT2D eigenvalue weighted by atomic mass is 10.0. The number of rotatable bonds is 7. The molecule has 0 aromatic heterocycles. The van der Waals surface area contributed by atoms with Crippen LogP contribution in [0.2, 0.25) is 0 Å². The van der Waals surface area contributed by atoms with Gasteiger partial charge in [0.15, 0.2) is 0 Å². The van der Waals surface area contributed by atoms with E-state index >= 15 is 0 Å². The molecule has 100 valence electrons. The Bertz CT molecular complexity index is 357. The Morgan fingerprint density at radius 1 is 1.17 bits per heavy atom. The number of carbonyl (C=O) groups excluding carboxylic acids is 1. The van der Waals surface area contributed by atoms with Gasteiger partial charge in [0.25, 0.3) is 0 Å². The highest BCUT2D eigenvalue weighted by atomic mass is 16.7. The summed E-state index contributed by atoms with van der Waals surface area (Å²) >= 11 is 0. The van der Waals surface area contributed by atoms with Gasteiger partial charge in [0.05, 0.1) is 5.56 Å². The normalized spacial score (nSPS) is 10.7. The molecule has 3 heteroatoms. The van der Waals surface area contributed by atoms with Gasteiger partial charge in [0, 0.05) is 0 Å². The largest absolute Gasteiger partial charge is 0.370 e. The van der Waals surface area contributed by atoms with E-state index in [1.165, 1.54) is 31.2 Å². The second kappa shape index (κ2) is 7.88. The SMILES string of the molecule is CC(C)CCCCCc1ccc(C(=O)ON)cc1. The molecule has 0 heterocycles. The average molecular weight is 249 g/mol. The van der Waals surface area contributed by atoms with Crippen LogP contribution in [0.1, 0.15) is 55.5 Å². The topological polar surface area (TPSA) is 52.3 Å². The number of carbonyl (C=O) groups is 1. The first kappa shape index (κ1) is 14.7.